The van der Waals surface area contributed by atoms with Crippen LogP contribution in [0.15, 0.2) is 336 Å². The standard InChI is InChI=1S/2C13H14.2C12H13N.2C11H13N.4C10H12N2/c2*1-10(2)12-9-5-7-11-6-3-4-8-13(11)12;1-9(2)11-7-3-5-10-6-4-8-13-12(10)11;1-9(2)11-5-3-4-10-6-7-13-8-12(10)11;1-9(2)11-7-3-5-10-6-4-8-12(10)11;1-8(2)11-10-5-3-4-9(10)6-7-12-11;1-8(2)9-4-3-6-12-7-5-11-10(9)12;1-8(2)9-4-3-5-12-7-11-6-10(9)12;1-8(2)10-7-11-6-9-4-3-5-12(9)10;1-8(2)10-5-3-4-9-6-11-7-12(9)10/h2*3-10H,1-2H3;2*3-9H,1-2H3;3-9H,1-2H3;3,5-8H,4H2,1-2H3;4*3-8H,1-2H3. The van der Waals surface area contributed by atoms with Crippen molar-refractivity contribution in [1.82, 2.24) is 56.9 Å². The second-order valence-corrected chi connectivity index (χ2v) is 34.7. The molecule has 12 nitrogen and oxygen atoms in total. The summed E-state index contributed by atoms with van der Waals surface area (Å²) in [7, 11) is 0. The molecule has 12 heteroatoms. The van der Waals surface area contributed by atoms with Gasteiger partial charge in [-0.25, -0.2) is 15.0 Å². The zero-order valence-electron chi connectivity index (χ0n) is 76.7. The van der Waals surface area contributed by atoms with Gasteiger partial charge in [-0.05, 0) is 216 Å². The molecule has 0 atom stereocenters. The molecular formula is C112H128N12. The molecule has 0 N–H and O–H groups in total. The smallest absolute Gasteiger partial charge is 0.140 e. The highest BCUT2D eigenvalue weighted by Gasteiger charge is 2.15. The number of hydrogen-bond acceptors (Lipinski definition) is 7. The fourth-order valence-corrected chi connectivity index (χ4v) is 15.7. The van der Waals surface area contributed by atoms with E-state index in [1.807, 2.05) is 99.1 Å². The van der Waals surface area contributed by atoms with Gasteiger partial charge in [0.2, 0.25) is 0 Å². The van der Waals surface area contributed by atoms with Gasteiger partial charge in [0.15, 0.2) is 0 Å². The van der Waals surface area contributed by atoms with Crippen LogP contribution < -0.4 is 0 Å². The highest BCUT2D eigenvalue weighted by Crippen LogP contribution is 2.31. The number of allylic oxidation sites excluding steroid dienone is 1. The van der Waals surface area contributed by atoms with Gasteiger partial charge in [-0.3, -0.25) is 19.9 Å². The third kappa shape index (κ3) is 23.9. The highest BCUT2D eigenvalue weighted by molar-refractivity contribution is 5.88. The van der Waals surface area contributed by atoms with E-state index in [0.717, 1.165) is 17.6 Å². The Hall–Kier alpha value is -12.9. The van der Waals surface area contributed by atoms with Gasteiger partial charge in [0.05, 0.1) is 59.0 Å². The quantitative estimate of drug-likeness (QED) is 0.134. The van der Waals surface area contributed by atoms with Crippen molar-refractivity contribution in [2.45, 2.75) is 204 Å². The van der Waals surface area contributed by atoms with Crippen molar-refractivity contribution < 1.29 is 0 Å². The summed E-state index contributed by atoms with van der Waals surface area (Å²) in [5.41, 5.74) is 23.3. The van der Waals surface area contributed by atoms with E-state index in [-0.39, 0.29) is 0 Å². The summed E-state index contributed by atoms with van der Waals surface area (Å²) in [6.07, 6.45) is 36.4. The predicted molar refractivity (Wildman–Crippen MR) is 527 cm³/mol. The van der Waals surface area contributed by atoms with Crippen LogP contribution >= 0.6 is 0 Å². The number of fused-ring (bicyclic) bond motifs is 10. The molecule has 19 aromatic rings. The molecule has 0 fully saturated rings. The third-order valence-electron chi connectivity index (χ3n) is 22.3. The fourth-order valence-electron chi connectivity index (χ4n) is 15.7. The molecule has 6 aromatic carbocycles. The number of imidazole rings is 3. The van der Waals surface area contributed by atoms with Crippen LogP contribution in [-0.2, 0) is 6.42 Å². The first-order chi connectivity index (χ1) is 59.9. The molecule has 0 bridgehead atoms. The average molecular weight is 1640 g/mol. The van der Waals surface area contributed by atoms with Gasteiger partial charge in [-0.1, -0.05) is 302 Å². The molecule has 1 aliphatic rings. The molecule has 636 valence electrons. The summed E-state index contributed by atoms with van der Waals surface area (Å²) in [6.45, 7) is 44.1. The van der Waals surface area contributed by atoms with Crippen LogP contribution in [0.25, 0.3) is 77.0 Å². The van der Waals surface area contributed by atoms with Crippen LogP contribution in [0, 0.1) is 0 Å². The van der Waals surface area contributed by atoms with Gasteiger partial charge in [-0.2, -0.15) is 0 Å². The van der Waals surface area contributed by atoms with Gasteiger partial charge in [0.1, 0.15) is 5.65 Å². The second-order valence-electron chi connectivity index (χ2n) is 34.7. The largest absolute Gasteiger partial charge is 0.321 e. The van der Waals surface area contributed by atoms with Gasteiger partial charge in [0.25, 0.3) is 0 Å². The Morgan fingerprint density at radius 3 is 1.34 bits per heavy atom. The molecule has 13 heterocycles. The minimum atomic E-state index is 0.522. The summed E-state index contributed by atoms with van der Waals surface area (Å²) in [4.78, 5) is 29.7. The van der Waals surface area contributed by atoms with Crippen molar-refractivity contribution in [1.29, 1.82) is 0 Å². The molecule has 0 radical (unpaired) electrons. The number of para-hydroxylation sites is 1. The number of benzene rings is 6. The van der Waals surface area contributed by atoms with Gasteiger partial charge in [-0.15, -0.1) is 0 Å². The first-order valence-corrected chi connectivity index (χ1v) is 44.3. The van der Waals surface area contributed by atoms with Crippen molar-refractivity contribution in [3.63, 3.8) is 0 Å². The maximum absolute atomic E-state index is 4.40. The lowest BCUT2D eigenvalue weighted by molar-refractivity contribution is 0.792. The molecule has 0 spiro atoms. The Bertz CT molecular complexity index is 5740. The maximum atomic E-state index is 4.40. The van der Waals surface area contributed by atoms with E-state index in [0.29, 0.717) is 59.2 Å². The van der Waals surface area contributed by atoms with Crippen LogP contribution in [-0.4, -0.2) is 56.9 Å². The average Bonchev–Trinajstić information content (AvgIpc) is 1.78. The van der Waals surface area contributed by atoms with E-state index in [1.165, 1.54) is 127 Å². The Morgan fingerprint density at radius 2 is 0.734 bits per heavy atom. The molecule has 1 aliphatic carbocycles. The van der Waals surface area contributed by atoms with Crippen LogP contribution in [0.5, 0.6) is 0 Å². The van der Waals surface area contributed by atoms with Crippen LogP contribution in [0.4, 0.5) is 0 Å². The number of pyridine rings is 7. The minimum absolute atomic E-state index is 0.522. The molecule has 0 saturated heterocycles. The number of rotatable bonds is 10. The zero-order chi connectivity index (χ0) is 88.3. The van der Waals surface area contributed by atoms with Crippen LogP contribution in [0.1, 0.15) is 265 Å². The third-order valence-corrected chi connectivity index (χ3v) is 22.3. The predicted octanol–water partition coefficient (Wildman–Crippen LogP) is 30.3. The van der Waals surface area contributed by atoms with Crippen molar-refractivity contribution in [3.8, 4) is 0 Å². The van der Waals surface area contributed by atoms with E-state index in [2.05, 4.69) is 438 Å². The van der Waals surface area contributed by atoms with Crippen molar-refractivity contribution in [2.75, 3.05) is 0 Å². The number of hydrogen-bond donors (Lipinski definition) is 0. The van der Waals surface area contributed by atoms with Crippen LogP contribution in [0.3, 0.4) is 0 Å². The highest BCUT2D eigenvalue weighted by atomic mass is 15.0. The van der Waals surface area contributed by atoms with Gasteiger partial charge >= 0.3 is 0 Å². The van der Waals surface area contributed by atoms with E-state index < -0.39 is 0 Å². The lowest BCUT2D eigenvalue weighted by atomic mass is 9.96. The molecule has 20 rings (SSSR count). The van der Waals surface area contributed by atoms with Crippen molar-refractivity contribution in [2.24, 2.45) is 0 Å². The molecule has 0 aliphatic heterocycles. The van der Waals surface area contributed by atoms with Gasteiger partial charge in [0, 0.05) is 102 Å². The molecule has 0 unspecified atom stereocenters. The summed E-state index contributed by atoms with van der Waals surface area (Å²) >= 11 is 0. The fraction of sp³-hybridized carbons (Fsp3) is 0.277. The molecular weight excluding hydrogens is 1510 g/mol. The minimum Gasteiger partial charge on any atom is -0.321 e. The molecule has 124 heavy (non-hydrogen) atoms. The molecule has 0 saturated carbocycles. The Kier molecular flexibility index (Phi) is 33.1. The topological polar surface area (TPSA) is 112 Å². The Morgan fingerprint density at radius 1 is 0.266 bits per heavy atom. The van der Waals surface area contributed by atoms with Crippen molar-refractivity contribution >= 4 is 77.0 Å². The van der Waals surface area contributed by atoms with E-state index >= 15 is 0 Å². The van der Waals surface area contributed by atoms with Crippen LogP contribution in [0.2, 0.25) is 0 Å². The van der Waals surface area contributed by atoms with E-state index in [4.69, 9.17) is 0 Å². The zero-order valence-corrected chi connectivity index (χ0v) is 76.7. The second kappa shape index (κ2) is 44.7. The number of aromatic nitrogens is 12. The van der Waals surface area contributed by atoms with E-state index in [1.54, 1.807) is 0 Å². The maximum Gasteiger partial charge on any atom is 0.140 e. The lowest BCUT2D eigenvalue weighted by Gasteiger charge is -2.08. The van der Waals surface area contributed by atoms with E-state index in [9.17, 15) is 0 Å². The Balaban J connectivity index is 0.000000134. The molecule has 0 amide bonds. The SMILES string of the molecule is CC(C)c1cccc2ccccc12.CC(C)c1cccc2ccccc12.CC(C)c1cccc2cccn12.CC(C)c1cccc2cccnc12.CC(C)c1cccc2ccncc12.CC(C)c1cccc2cncn12.CC(C)c1cccn2ccnc12.CC(C)c1cccn2cncc12.CC(C)c1cncc2cccn12.CC(C)c1nccc2c1C=CC2. The van der Waals surface area contributed by atoms with Gasteiger partial charge < -0.3 is 22.0 Å². The molecule has 13 aromatic heterocycles. The Labute approximate surface area is 736 Å². The summed E-state index contributed by atoms with van der Waals surface area (Å²) in [5, 5.41) is 9.25. The lowest BCUT2D eigenvalue weighted by Crippen LogP contribution is -1.98. The summed E-state index contributed by atoms with van der Waals surface area (Å²) in [6, 6.07) is 80.6. The summed E-state index contributed by atoms with van der Waals surface area (Å²) < 4.78 is 10.7. The van der Waals surface area contributed by atoms with Crippen molar-refractivity contribution in [3.05, 3.63) is 403 Å². The first kappa shape index (κ1) is 91.8. The normalized spacial score (nSPS) is 11.4. The monoisotopic (exact) mass is 1640 g/mol. The summed E-state index contributed by atoms with van der Waals surface area (Å²) in [5.74, 6) is 5.59. The number of nitrogens with zero attached hydrogens (tertiary/aromatic N) is 12. The first-order valence-electron chi connectivity index (χ1n) is 44.3.